The maximum absolute atomic E-state index is 13.0. The van der Waals surface area contributed by atoms with E-state index >= 15 is 0 Å². The van der Waals surface area contributed by atoms with Crippen LogP contribution >= 0.6 is 0 Å². The monoisotopic (exact) mass is 298 g/mol. The average Bonchev–Trinajstić information content (AvgIpc) is 2.82. The molecule has 0 aliphatic rings. The van der Waals surface area contributed by atoms with E-state index in [0.29, 0.717) is 12.2 Å². The van der Waals surface area contributed by atoms with Gasteiger partial charge in [0.1, 0.15) is 0 Å². The number of aromatic nitrogens is 2. The van der Waals surface area contributed by atoms with E-state index in [1.807, 2.05) is 6.20 Å². The fourth-order valence-corrected chi connectivity index (χ4v) is 2.16. The van der Waals surface area contributed by atoms with Crippen LogP contribution in [0.15, 0.2) is 30.6 Å². The Balaban J connectivity index is 2.27. The molecule has 0 radical (unpaired) electrons. The summed E-state index contributed by atoms with van der Waals surface area (Å²) in [6, 6.07) is 4.21. The summed E-state index contributed by atoms with van der Waals surface area (Å²) in [6.45, 7) is 0.342. The zero-order valence-corrected chi connectivity index (χ0v) is 11.9. The highest BCUT2D eigenvalue weighted by molar-refractivity contribution is 5.51. The molecular formula is C14H17F3N4. The molecule has 4 nitrogen and oxygen atoms in total. The molecule has 0 spiro atoms. The number of anilines is 1. The highest BCUT2D eigenvalue weighted by Gasteiger charge is 2.33. The Morgan fingerprint density at radius 2 is 2.05 bits per heavy atom. The third-order valence-corrected chi connectivity index (χ3v) is 3.24. The summed E-state index contributed by atoms with van der Waals surface area (Å²) in [5.41, 5.74) is 6.21. The molecule has 21 heavy (non-hydrogen) atoms. The van der Waals surface area contributed by atoms with Crippen LogP contribution in [0, 0.1) is 0 Å². The first-order valence-corrected chi connectivity index (χ1v) is 6.40. The summed E-state index contributed by atoms with van der Waals surface area (Å²) in [4.78, 5) is 1.74. The summed E-state index contributed by atoms with van der Waals surface area (Å²) in [5, 5.41) is 4.04. The Morgan fingerprint density at radius 3 is 2.57 bits per heavy atom. The van der Waals surface area contributed by atoms with Crippen molar-refractivity contribution in [2.24, 2.45) is 12.8 Å². The molecule has 0 amide bonds. The minimum Gasteiger partial charge on any atom is -0.370 e. The van der Waals surface area contributed by atoms with Crippen LogP contribution in [0.25, 0.3) is 0 Å². The topological polar surface area (TPSA) is 47.1 Å². The lowest BCUT2D eigenvalue weighted by Crippen LogP contribution is -2.18. The summed E-state index contributed by atoms with van der Waals surface area (Å²) in [5.74, 6) is 0. The molecule has 1 heterocycles. The van der Waals surface area contributed by atoms with E-state index in [1.54, 1.807) is 35.9 Å². The molecule has 1 aromatic carbocycles. The molecule has 0 unspecified atom stereocenters. The second kappa shape index (κ2) is 5.77. The van der Waals surface area contributed by atoms with Crippen molar-refractivity contribution in [3.63, 3.8) is 0 Å². The summed E-state index contributed by atoms with van der Waals surface area (Å²) in [6.07, 6.45) is -0.884. The highest BCUT2D eigenvalue weighted by Crippen LogP contribution is 2.34. The van der Waals surface area contributed by atoms with E-state index in [1.165, 1.54) is 6.07 Å². The second-order valence-corrected chi connectivity index (χ2v) is 4.92. The van der Waals surface area contributed by atoms with Crippen molar-refractivity contribution >= 4 is 5.69 Å². The lowest BCUT2D eigenvalue weighted by molar-refractivity contribution is -0.138. The van der Waals surface area contributed by atoms with Crippen LogP contribution in [0.5, 0.6) is 0 Å². The number of hydrogen-bond donors (Lipinski definition) is 1. The lowest BCUT2D eigenvalue weighted by atomic mass is 10.1. The molecule has 0 fully saturated rings. The van der Waals surface area contributed by atoms with Crippen LogP contribution in [-0.2, 0) is 26.3 Å². The van der Waals surface area contributed by atoms with E-state index in [4.69, 9.17) is 5.73 Å². The molecule has 2 aromatic rings. The number of nitrogens with two attached hydrogens (primary N) is 1. The summed E-state index contributed by atoms with van der Waals surface area (Å²) in [7, 11) is 3.53. The van der Waals surface area contributed by atoms with Gasteiger partial charge in [-0.05, 0) is 17.7 Å². The number of benzene rings is 1. The second-order valence-electron chi connectivity index (χ2n) is 4.92. The van der Waals surface area contributed by atoms with Crippen LogP contribution in [0.4, 0.5) is 18.9 Å². The van der Waals surface area contributed by atoms with E-state index < -0.39 is 11.7 Å². The standard InChI is InChI=1S/C14H17F3N4/c1-20(8-10-7-19-21(2)9-10)12-4-3-11(6-18)13(5-12)14(15,16)17/h3-5,7,9H,6,8,18H2,1-2H3. The quantitative estimate of drug-likeness (QED) is 0.943. The number of aryl methyl sites for hydroxylation is 1. The van der Waals surface area contributed by atoms with Gasteiger partial charge in [-0.2, -0.15) is 18.3 Å². The van der Waals surface area contributed by atoms with Crippen molar-refractivity contribution in [1.82, 2.24) is 9.78 Å². The van der Waals surface area contributed by atoms with Crippen molar-refractivity contribution in [3.05, 3.63) is 47.3 Å². The Bertz CT molecular complexity index is 619. The van der Waals surface area contributed by atoms with E-state index in [-0.39, 0.29) is 12.1 Å². The third-order valence-electron chi connectivity index (χ3n) is 3.24. The molecule has 7 heteroatoms. The minimum atomic E-state index is -4.40. The fourth-order valence-electron chi connectivity index (χ4n) is 2.16. The van der Waals surface area contributed by atoms with Gasteiger partial charge in [0, 0.05) is 44.6 Å². The Kier molecular flexibility index (Phi) is 4.22. The van der Waals surface area contributed by atoms with Gasteiger partial charge in [0.25, 0.3) is 0 Å². The van der Waals surface area contributed by atoms with Crippen LogP contribution in [0.2, 0.25) is 0 Å². The van der Waals surface area contributed by atoms with E-state index in [9.17, 15) is 13.2 Å². The maximum Gasteiger partial charge on any atom is 0.416 e. The van der Waals surface area contributed by atoms with Gasteiger partial charge < -0.3 is 10.6 Å². The number of nitrogens with zero attached hydrogens (tertiary/aromatic N) is 3. The van der Waals surface area contributed by atoms with Crippen LogP contribution in [0.1, 0.15) is 16.7 Å². The molecule has 0 saturated heterocycles. The Hall–Kier alpha value is -2.02. The fraction of sp³-hybridized carbons (Fsp3) is 0.357. The normalized spacial score (nSPS) is 11.7. The first-order chi connectivity index (χ1) is 9.81. The Morgan fingerprint density at radius 1 is 1.33 bits per heavy atom. The van der Waals surface area contributed by atoms with Crippen LogP contribution in [-0.4, -0.2) is 16.8 Å². The van der Waals surface area contributed by atoms with Crippen molar-refractivity contribution in [1.29, 1.82) is 0 Å². The Labute approximate surface area is 121 Å². The average molecular weight is 298 g/mol. The van der Waals surface area contributed by atoms with E-state index in [2.05, 4.69) is 5.10 Å². The molecule has 114 valence electrons. The molecule has 2 rings (SSSR count). The molecule has 2 N–H and O–H groups in total. The van der Waals surface area contributed by atoms with Gasteiger partial charge in [0.05, 0.1) is 11.8 Å². The van der Waals surface area contributed by atoms with Crippen LogP contribution < -0.4 is 10.6 Å². The number of alkyl halides is 3. The van der Waals surface area contributed by atoms with Crippen molar-refractivity contribution in [3.8, 4) is 0 Å². The molecule has 0 atom stereocenters. The van der Waals surface area contributed by atoms with Crippen molar-refractivity contribution < 1.29 is 13.2 Å². The molecule has 0 saturated carbocycles. The zero-order valence-electron chi connectivity index (χ0n) is 11.9. The van der Waals surface area contributed by atoms with Crippen molar-refractivity contribution in [2.75, 3.05) is 11.9 Å². The number of hydrogen-bond acceptors (Lipinski definition) is 3. The van der Waals surface area contributed by atoms with Crippen molar-refractivity contribution in [2.45, 2.75) is 19.3 Å². The van der Waals surface area contributed by atoms with Gasteiger partial charge in [0.15, 0.2) is 0 Å². The largest absolute Gasteiger partial charge is 0.416 e. The predicted molar refractivity (Wildman–Crippen MR) is 74.7 cm³/mol. The van der Waals surface area contributed by atoms with E-state index in [0.717, 1.165) is 11.6 Å². The van der Waals surface area contributed by atoms with Gasteiger partial charge >= 0.3 is 6.18 Å². The first kappa shape index (κ1) is 15.4. The summed E-state index contributed by atoms with van der Waals surface area (Å²) >= 11 is 0. The molecular weight excluding hydrogens is 281 g/mol. The minimum absolute atomic E-state index is 0.0982. The van der Waals surface area contributed by atoms with Gasteiger partial charge in [-0.3, -0.25) is 4.68 Å². The number of rotatable bonds is 4. The lowest BCUT2D eigenvalue weighted by Gasteiger charge is -2.21. The number of halogens is 3. The molecule has 0 aliphatic carbocycles. The third kappa shape index (κ3) is 3.55. The maximum atomic E-state index is 13.0. The predicted octanol–water partition coefficient (Wildman–Crippen LogP) is 2.53. The SMILES string of the molecule is CN(Cc1cnn(C)c1)c1ccc(CN)c(C(F)(F)F)c1. The smallest absolute Gasteiger partial charge is 0.370 e. The first-order valence-electron chi connectivity index (χ1n) is 6.40. The van der Waals surface area contributed by atoms with Gasteiger partial charge in [-0.15, -0.1) is 0 Å². The van der Waals surface area contributed by atoms with Gasteiger partial charge in [0.2, 0.25) is 0 Å². The van der Waals surface area contributed by atoms with Crippen LogP contribution in [0.3, 0.4) is 0 Å². The van der Waals surface area contributed by atoms with Gasteiger partial charge in [-0.1, -0.05) is 6.07 Å². The summed E-state index contributed by atoms with van der Waals surface area (Å²) < 4.78 is 40.7. The molecule has 0 bridgehead atoms. The molecule has 1 aromatic heterocycles. The highest BCUT2D eigenvalue weighted by atomic mass is 19.4. The zero-order chi connectivity index (χ0) is 15.6. The van der Waals surface area contributed by atoms with Gasteiger partial charge in [-0.25, -0.2) is 0 Å². The molecule has 0 aliphatic heterocycles.